The third-order valence-electron chi connectivity index (χ3n) is 4.61. The predicted molar refractivity (Wildman–Crippen MR) is 91.7 cm³/mol. The Hall–Kier alpha value is -1.22. The van der Waals surface area contributed by atoms with Crippen molar-refractivity contribution in [3.8, 4) is 0 Å². The van der Waals surface area contributed by atoms with Crippen LogP contribution < -0.4 is 10.2 Å². The van der Waals surface area contributed by atoms with E-state index in [1.165, 1.54) is 28.9 Å². The molecule has 1 aromatic rings. The first-order chi connectivity index (χ1) is 10.0. The lowest BCUT2D eigenvalue weighted by Crippen LogP contribution is -2.39. The van der Waals surface area contributed by atoms with Gasteiger partial charge in [0.25, 0.3) is 0 Å². The molecular weight excluding hydrogens is 260 g/mol. The van der Waals surface area contributed by atoms with Gasteiger partial charge < -0.3 is 15.0 Å². The third kappa shape index (κ3) is 3.34. The monoisotopic (exact) mass is 290 g/mol. The summed E-state index contributed by atoms with van der Waals surface area (Å²) < 4.78 is 5.28. The second-order valence-electron chi connectivity index (χ2n) is 6.52. The number of fused-ring (bicyclic) bond motifs is 1. The van der Waals surface area contributed by atoms with E-state index in [9.17, 15) is 0 Å². The van der Waals surface area contributed by atoms with Crippen molar-refractivity contribution >= 4 is 11.4 Å². The van der Waals surface area contributed by atoms with E-state index in [2.05, 4.69) is 50.0 Å². The van der Waals surface area contributed by atoms with Crippen molar-refractivity contribution in [2.24, 2.45) is 0 Å². The van der Waals surface area contributed by atoms with E-state index in [0.29, 0.717) is 0 Å². The van der Waals surface area contributed by atoms with Crippen LogP contribution in [0.15, 0.2) is 12.1 Å². The molecule has 3 heteroatoms. The highest BCUT2D eigenvalue weighted by Gasteiger charge is 2.31. The molecule has 0 aliphatic carbocycles. The molecule has 1 N–H and O–H groups in total. The Morgan fingerprint density at radius 3 is 2.67 bits per heavy atom. The fraction of sp³-hybridized carbons (Fsp3) is 0.667. The van der Waals surface area contributed by atoms with Gasteiger partial charge in [-0.1, -0.05) is 26.8 Å². The lowest BCUT2D eigenvalue weighted by Gasteiger charge is -2.41. The minimum atomic E-state index is 0.258. The Balaban J connectivity index is 2.45. The van der Waals surface area contributed by atoms with Crippen LogP contribution in [0, 0.1) is 0 Å². The summed E-state index contributed by atoms with van der Waals surface area (Å²) in [7, 11) is 1.78. The lowest BCUT2D eigenvalue weighted by atomic mass is 9.76. The third-order valence-corrected chi connectivity index (χ3v) is 4.61. The SMILES string of the molecule is CCNc1cc2c(cc1CC)C(C)(C)CCN2CCOC. The quantitative estimate of drug-likeness (QED) is 0.862. The Morgan fingerprint density at radius 2 is 2.05 bits per heavy atom. The summed E-state index contributed by atoms with van der Waals surface area (Å²) in [5.41, 5.74) is 5.85. The molecule has 0 saturated heterocycles. The molecule has 2 rings (SSSR count). The van der Waals surface area contributed by atoms with E-state index >= 15 is 0 Å². The molecule has 3 nitrogen and oxygen atoms in total. The zero-order valence-electron chi connectivity index (χ0n) is 14.3. The van der Waals surface area contributed by atoms with E-state index in [0.717, 1.165) is 32.7 Å². The van der Waals surface area contributed by atoms with E-state index in [-0.39, 0.29) is 5.41 Å². The van der Waals surface area contributed by atoms with E-state index in [4.69, 9.17) is 4.74 Å². The van der Waals surface area contributed by atoms with Crippen LogP contribution in [0.1, 0.15) is 45.2 Å². The molecule has 0 bridgehead atoms. The van der Waals surface area contributed by atoms with Crippen molar-refractivity contribution < 1.29 is 4.74 Å². The van der Waals surface area contributed by atoms with E-state index in [1.807, 2.05) is 0 Å². The summed E-state index contributed by atoms with van der Waals surface area (Å²) in [6.07, 6.45) is 2.27. The summed E-state index contributed by atoms with van der Waals surface area (Å²) in [6, 6.07) is 4.78. The minimum absolute atomic E-state index is 0.258. The number of anilines is 2. The molecule has 0 saturated carbocycles. The average molecular weight is 290 g/mol. The van der Waals surface area contributed by atoms with Crippen molar-refractivity contribution in [3.63, 3.8) is 0 Å². The number of nitrogens with zero attached hydrogens (tertiary/aromatic N) is 1. The first-order valence-electron chi connectivity index (χ1n) is 8.18. The van der Waals surface area contributed by atoms with Crippen molar-refractivity contribution in [1.29, 1.82) is 0 Å². The van der Waals surface area contributed by atoms with Crippen LogP contribution in [0.2, 0.25) is 0 Å². The molecule has 0 radical (unpaired) electrons. The highest BCUT2D eigenvalue weighted by atomic mass is 16.5. The molecule has 118 valence electrons. The van der Waals surface area contributed by atoms with Crippen LogP contribution in [-0.2, 0) is 16.6 Å². The maximum atomic E-state index is 5.28. The Bertz CT molecular complexity index is 482. The normalized spacial score (nSPS) is 16.7. The van der Waals surface area contributed by atoms with Gasteiger partial charge in [0.05, 0.1) is 6.61 Å². The maximum absolute atomic E-state index is 5.28. The first kappa shape index (κ1) is 16.2. The van der Waals surface area contributed by atoms with Gasteiger partial charge in [0.15, 0.2) is 0 Å². The van der Waals surface area contributed by atoms with Crippen LogP contribution in [0.25, 0.3) is 0 Å². The van der Waals surface area contributed by atoms with Crippen molar-refractivity contribution in [2.45, 2.75) is 46.0 Å². The van der Waals surface area contributed by atoms with Gasteiger partial charge in [0.1, 0.15) is 0 Å². The highest BCUT2D eigenvalue weighted by Crippen LogP contribution is 2.42. The van der Waals surface area contributed by atoms with Crippen LogP contribution in [0.4, 0.5) is 11.4 Å². The van der Waals surface area contributed by atoms with Crippen molar-refractivity contribution in [1.82, 2.24) is 0 Å². The van der Waals surface area contributed by atoms with Gasteiger partial charge in [0.2, 0.25) is 0 Å². The molecule has 0 fully saturated rings. The Morgan fingerprint density at radius 1 is 1.29 bits per heavy atom. The van der Waals surface area contributed by atoms with Crippen LogP contribution in [-0.4, -0.2) is 33.4 Å². The molecule has 1 aromatic carbocycles. The molecule has 0 aromatic heterocycles. The van der Waals surface area contributed by atoms with Gasteiger partial charge in [-0.15, -0.1) is 0 Å². The maximum Gasteiger partial charge on any atom is 0.0637 e. The molecular formula is C18H30N2O. The molecule has 1 aliphatic rings. The number of nitrogens with one attached hydrogen (secondary N) is 1. The molecule has 21 heavy (non-hydrogen) atoms. The molecule has 0 spiro atoms. The second kappa shape index (κ2) is 6.69. The fourth-order valence-electron chi connectivity index (χ4n) is 3.19. The topological polar surface area (TPSA) is 24.5 Å². The number of hydrogen-bond acceptors (Lipinski definition) is 3. The molecule has 1 aliphatic heterocycles. The summed E-state index contributed by atoms with van der Waals surface area (Å²) >= 11 is 0. The standard InChI is InChI=1S/C18H30N2O/c1-6-14-12-15-17(13-16(14)19-7-2)20(10-11-21-5)9-8-18(15,3)4/h12-13,19H,6-11H2,1-5H3. The zero-order chi connectivity index (χ0) is 15.5. The lowest BCUT2D eigenvalue weighted by molar-refractivity contribution is 0.204. The Kier molecular flexibility index (Phi) is 5.15. The van der Waals surface area contributed by atoms with E-state index in [1.54, 1.807) is 7.11 Å². The van der Waals surface area contributed by atoms with Gasteiger partial charge in [-0.25, -0.2) is 0 Å². The molecule has 0 atom stereocenters. The fourth-order valence-corrected chi connectivity index (χ4v) is 3.19. The largest absolute Gasteiger partial charge is 0.385 e. The Labute approximate surface area is 129 Å². The number of hydrogen-bond donors (Lipinski definition) is 1. The van der Waals surface area contributed by atoms with Crippen molar-refractivity contribution in [2.75, 3.05) is 43.6 Å². The summed E-state index contributed by atoms with van der Waals surface area (Å²) in [6.45, 7) is 13.0. The minimum Gasteiger partial charge on any atom is -0.385 e. The van der Waals surface area contributed by atoms with Crippen LogP contribution in [0.3, 0.4) is 0 Å². The summed E-state index contributed by atoms with van der Waals surface area (Å²) in [5, 5.41) is 3.52. The van der Waals surface area contributed by atoms with Gasteiger partial charge in [-0.2, -0.15) is 0 Å². The second-order valence-corrected chi connectivity index (χ2v) is 6.52. The zero-order valence-corrected chi connectivity index (χ0v) is 14.3. The highest BCUT2D eigenvalue weighted by molar-refractivity contribution is 5.69. The predicted octanol–water partition coefficient (Wildman–Crippen LogP) is 3.81. The van der Waals surface area contributed by atoms with Gasteiger partial charge in [-0.3, -0.25) is 0 Å². The van der Waals surface area contributed by atoms with Crippen molar-refractivity contribution in [3.05, 3.63) is 23.3 Å². The number of aryl methyl sites for hydroxylation is 1. The first-order valence-corrected chi connectivity index (χ1v) is 8.18. The number of benzene rings is 1. The average Bonchev–Trinajstić information content (AvgIpc) is 2.46. The number of methoxy groups -OCH3 is 1. The molecule has 0 amide bonds. The van der Waals surface area contributed by atoms with Crippen LogP contribution in [0.5, 0.6) is 0 Å². The number of ether oxygens (including phenoxy) is 1. The van der Waals surface area contributed by atoms with Gasteiger partial charge in [0, 0.05) is 38.1 Å². The van der Waals surface area contributed by atoms with Gasteiger partial charge >= 0.3 is 0 Å². The van der Waals surface area contributed by atoms with E-state index < -0.39 is 0 Å². The molecule has 1 heterocycles. The summed E-state index contributed by atoms with van der Waals surface area (Å²) in [5.74, 6) is 0. The number of rotatable bonds is 6. The molecule has 0 unspecified atom stereocenters. The smallest absolute Gasteiger partial charge is 0.0637 e. The van der Waals surface area contributed by atoms with Gasteiger partial charge in [-0.05, 0) is 42.4 Å². The summed E-state index contributed by atoms with van der Waals surface area (Å²) in [4.78, 5) is 2.48. The van der Waals surface area contributed by atoms with Crippen LogP contribution >= 0.6 is 0 Å².